The lowest BCUT2D eigenvalue weighted by Crippen LogP contribution is -2.16. The summed E-state index contributed by atoms with van der Waals surface area (Å²) in [4.78, 5) is 0. The molecule has 1 fully saturated rings. The summed E-state index contributed by atoms with van der Waals surface area (Å²) in [6.45, 7) is 4.56. The van der Waals surface area contributed by atoms with Crippen molar-refractivity contribution in [1.29, 1.82) is 0 Å². The average Bonchev–Trinajstić information content (AvgIpc) is 2.78. The van der Waals surface area contributed by atoms with Crippen molar-refractivity contribution in [1.82, 2.24) is 0 Å². The van der Waals surface area contributed by atoms with Gasteiger partial charge in [-0.2, -0.15) is 0 Å². The van der Waals surface area contributed by atoms with Crippen LogP contribution >= 0.6 is 0 Å². The lowest BCUT2D eigenvalue weighted by molar-refractivity contribution is 0.234. The molecular weight excluding hydrogens is 348 g/mol. The fraction of sp³-hybridized carbons (Fsp3) is 0.724. The van der Waals surface area contributed by atoms with Crippen molar-refractivity contribution in [3.8, 4) is 0 Å². The molecule has 3 rings (SSSR count). The van der Waals surface area contributed by atoms with Crippen LogP contribution in [-0.4, -0.2) is 0 Å². The maximum Gasteiger partial charge on any atom is -0.0241 e. The van der Waals surface area contributed by atoms with Gasteiger partial charge in [-0.05, 0) is 73.8 Å². The molecule has 162 valence electrons. The lowest BCUT2D eigenvalue weighted by atomic mass is 9.76. The number of benzene rings is 1. The summed E-state index contributed by atoms with van der Waals surface area (Å²) in [7, 11) is 0. The molecule has 1 unspecified atom stereocenters. The molecule has 29 heavy (non-hydrogen) atoms. The molecular formula is C29H46. The Bertz CT molecular complexity index is 585. The van der Waals surface area contributed by atoms with Crippen molar-refractivity contribution < 1.29 is 0 Å². The third-order valence-corrected chi connectivity index (χ3v) is 7.94. The van der Waals surface area contributed by atoms with Gasteiger partial charge in [-0.3, -0.25) is 0 Å². The van der Waals surface area contributed by atoms with Gasteiger partial charge in [0.05, 0.1) is 0 Å². The summed E-state index contributed by atoms with van der Waals surface area (Å²) >= 11 is 0. The van der Waals surface area contributed by atoms with Crippen LogP contribution in [0.15, 0.2) is 35.9 Å². The first-order valence-corrected chi connectivity index (χ1v) is 13.0. The third kappa shape index (κ3) is 7.95. The maximum atomic E-state index is 2.61. The topological polar surface area (TPSA) is 0 Å². The Morgan fingerprint density at radius 3 is 1.97 bits per heavy atom. The minimum Gasteiger partial charge on any atom is -0.0850 e. The van der Waals surface area contributed by atoms with Gasteiger partial charge in [0.2, 0.25) is 0 Å². The van der Waals surface area contributed by atoms with Crippen molar-refractivity contribution in [2.75, 3.05) is 0 Å². The van der Waals surface area contributed by atoms with E-state index in [0.717, 1.165) is 24.2 Å². The van der Waals surface area contributed by atoms with Crippen LogP contribution in [0.2, 0.25) is 0 Å². The first-order chi connectivity index (χ1) is 14.3. The Labute approximate surface area is 181 Å². The molecule has 1 aromatic carbocycles. The van der Waals surface area contributed by atoms with E-state index in [-0.39, 0.29) is 0 Å². The van der Waals surface area contributed by atoms with Gasteiger partial charge >= 0.3 is 0 Å². The highest BCUT2D eigenvalue weighted by atomic mass is 14.3. The van der Waals surface area contributed by atoms with Gasteiger partial charge in [-0.15, -0.1) is 0 Å². The molecule has 0 radical (unpaired) electrons. The summed E-state index contributed by atoms with van der Waals surface area (Å²) in [5.74, 6) is 3.09. The van der Waals surface area contributed by atoms with E-state index in [1.807, 2.05) is 0 Å². The number of unbranched alkanes of at least 4 members (excludes halogenated alkanes) is 2. The quantitative estimate of drug-likeness (QED) is 0.259. The van der Waals surface area contributed by atoms with E-state index in [4.69, 9.17) is 0 Å². The highest BCUT2D eigenvalue weighted by molar-refractivity contribution is 5.23. The van der Waals surface area contributed by atoms with Gasteiger partial charge < -0.3 is 0 Å². The smallest absolute Gasteiger partial charge is 0.0241 e. The first kappa shape index (κ1) is 22.6. The second-order valence-corrected chi connectivity index (χ2v) is 10.1. The van der Waals surface area contributed by atoms with Crippen molar-refractivity contribution in [3.63, 3.8) is 0 Å². The van der Waals surface area contributed by atoms with Crippen LogP contribution in [0, 0.1) is 17.8 Å². The predicted octanol–water partition coefficient (Wildman–Crippen LogP) is 9.08. The minimum atomic E-state index is 0.977. The Morgan fingerprint density at radius 2 is 1.34 bits per heavy atom. The predicted molar refractivity (Wildman–Crippen MR) is 128 cm³/mol. The summed E-state index contributed by atoms with van der Waals surface area (Å²) in [5.41, 5.74) is 4.70. The molecule has 0 spiro atoms. The molecule has 0 nitrogen and oxygen atoms in total. The van der Waals surface area contributed by atoms with Crippen LogP contribution in [-0.2, 0) is 12.8 Å². The van der Waals surface area contributed by atoms with Crippen molar-refractivity contribution in [2.24, 2.45) is 17.8 Å². The summed E-state index contributed by atoms with van der Waals surface area (Å²) in [6.07, 6.45) is 25.4. The molecule has 1 saturated carbocycles. The van der Waals surface area contributed by atoms with E-state index in [2.05, 4.69) is 44.2 Å². The molecule has 0 bridgehead atoms. The molecule has 0 saturated heterocycles. The zero-order chi connectivity index (χ0) is 20.3. The normalized spacial score (nSPS) is 25.0. The van der Waals surface area contributed by atoms with E-state index in [0.29, 0.717) is 0 Å². The van der Waals surface area contributed by atoms with E-state index >= 15 is 0 Å². The van der Waals surface area contributed by atoms with Crippen LogP contribution < -0.4 is 0 Å². The standard InChI is InChI=1S/C29H46/c1-3-5-6-7-25-12-14-27(15-13-25)18-19-29-22-20-28(21-23-29)17-16-26-10-8-24(4-2)9-11-26/h8-11,20,25,27,29H,3-7,12-19,21-23H2,1-2H3/t25-,27-,29?. The molecule has 2 aliphatic carbocycles. The molecule has 1 aromatic rings. The Balaban J connectivity index is 1.29. The Hall–Kier alpha value is -1.04. The zero-order valence-corrected chi connectivity index (χ0v) is 19.4. The number of aryl methyl sites for hydroxylation is 2. The van der Waals surface area contributed by atoms with Crippen LogP contribution in [0.4, 0.5) is 0 Å². The van der Waals surface area contributed by atoms with Gasteiger partial charge in [0, 0.05) is 0 Å². The monoisotopic (exact) mass is 394 g/mol. The zero-order valence-electron chi connectivity index (χ0n) is 19.4. The SMILES string of the molecule is CCCCC[C@H]1CC[C@H](CCC2CC=C(CCc3ccc(CC)cc3)CC2)CC1. The first-order valence-electron chi connectivity index (χ1n) is 13.0. The van der Waals surface area contributed by atoms with Gasteiger partial charge in [0.25, 0.3) is 0 Å². The van der Waals surface area contributed by atoms with Crippen LogP contribution in [0.1, 0.15) is 115 Å². The van der Waals surface area contributed by atoms with Gasteiger partial charge in [-0.1, -0.05) is 108 Å². The molecule has 0 amide bonds. The summed E-state index contributed by atoms with van der Waals surface area (Å²) < 4.78 is 0. The van der Waals surface area contributed by atoms with Crippen molar-refractivity contribution in [2.45, 2.75) is 117 Å². The molecule has 0 heteroatoms. The van der Waals surface area contributed by atoms with E-state index in [1.165, 1.54) is 107 Å². The number of hydrogen-bond acceptors (Lipinski definition) is 0. The number of hydrogen-bond donors (Lipinski definition) is 0. The highest BCUT2D eigenvalue weighted by Gasteiger charge is 2.22. The van der Waals surface area contributed by atoms with Gasteiger partial charge in [0.1, 0.15) is 0 Å². The van der Waals surface area contributed by atoms with Crippen molar-refractivity contribution >= 4 is 0 Å². The molecule has 1 atom stereocenters. The van der Waals surface area contributed by atoms with Crippen LogP contribution in [0.25, 0.3) is 0 Å². The second kappa shape index (κ2) is 12.6. The largest absolute Gasteiger partial charge is 0.0850 e. The summed E-state index contributed by atoms with van der Waals surface area (Å²) in [5, 5.41) is 0. The lowest BCUT2D eigenvalue weighted by Gasteiger charge is -2.30. The van der Waals surface area contributed by atoms with E-state index in [9.17, 15) is 0 Å². The second-order valence-electron chi connectivity index (χ2n) is 10.1. The van der Waals surface area contributed by atoms with E-state index < -0.39 is 0 Å². The van der Waals surface area contributed by atoms with E-state index in [1.54, 1.807) is 5.57 Å². The fourth-order valence-electron chi connectivity index (χ4n) is 5.64. The maximum absolute atomic E-state index is 2.61. The number of allylic oxidation sites excluding steroid dienone is 2. The minimum absolute atomic E-state index is 0.977. The third-order valence-electron chi connectivity index (χ3n) is 7.94. The van der Waals surface area contributed by atoms with Gasteiger partial charge in [-0.25, -0.2) is 0 Å². The van der Waals surface area contributed by atoms with Crippen LogP contribution in [0.5, 0.6) is 0 Å². The Kier molecular flexibility index (Phi) is 9.84. The van der Waals surface area contributed by atoms with Crippen LogP contribution in [0.3, 0.4) is 0 Å². The highest BCUT2D eigenvalue weighted by Crippen LogP contribution is 2.37. The molecule has 0 heterocycles. The Morgan fingerprint density at radius 1 is 0.690 bits per heavy atom. The fourth-order valence-corrected chi connectivity index (χ4v) is 5.64. The summed E-state index contributed by atoms with van der Waals surface area (Å²) in [6, 6.07) is 9.28. The molecule has 0 N–H and O–H groups in total. The molecule has 0 aromatic heterocycles. The average molecular weight is 395 g/mol. The van der Waals surface area contributed by atoms with Gasteiger partial charge in [0.15, 0.2) is 0 Å². The molecule has 2 aliphatic rings. The molecule has 0 aliphatic heterocycles. The van der Waals surface area contributed by atoms with Crippen molar-refractivity contribution in [3.05, 3.63) is 47.0 Å². The number of rotatable bonds is 11.